The van der Waals surface area contributed by atoms with Crippen LogP contribution in [0.1, 0.15) is 11.1 Å². The van der Waals surface area contributed by atoms with Crippen molar-refractivity contribution in [3.05, 3.63) is 59.4 Å². The molecule has 0 aliphatic rings. The summed E-state index contributed by atoms with van der Waals surface area (Å²) in [5, 5.41) is 0. The van der Waals surface area contributed by atoms with Crippen molar-refractivity contribution in [3.8, 4) is 11.5 Å². The Bertz CT molecular complexity index is 535. The standard InChI is InChI=1S/C16H17FO2/c1-12-3-6-14(7-4-12)18-9-10-19-16-8-5-13(2)11-15(16)17/h3-8,11H,9-10H2,1-2H3. The average molecular weight is 260 g/mol. The number of halogens is 1. The van der Waals surface area contributed by atoms with E-state index >= 15 is 0 Å². The lowest BCUT2D eigenvalue weighted by Gasteiger charge is -2.09. The van der Waals surface area contributed by atoms with Crippen molar-refractivity contribution >= 4 is 0 Å². The van der Waals surface area contributed by atoms with Gasteiger partial charge in [-0.25, -0.2) is 4.39 Å². The highest BCUT2D eigenvalue weighted by Crippen LogP contribution is 2.18. The van der Waals surface area contributed by atoms with Gasteiger partial charge in [-0.05, 0) is 43.7 Å². The lowest BCUT2D eigenvalue weighted by Crippen LogP contribution is -2.09. The molecular formula is C16H17FO2. The van der Waals surface area contributed by atoms with Gasteiger partial charge in [0.15, 0.2) is 11.6 Å². The minimum absolute atomic E-state index is 0.262. The normalized spacial score (nSPS) is 10.3. The van der Waals surface area contributed by atoms with Crippen molar-refractivity contribution in [3.63, 3.8) is 0 Å². The molecule has 0 heterocycles. The molecule has 0 unspecified atom stereocenters. The molecule has 0 saturated carbocycles. The third-order valence-electron chi connectivity index (χ3n) is 2.72. The second-order valence-corrected chi connectivity index (χ2v) is 4.44. The maximum Gasteiger partial charge on any atom is 0.165 e. The topological polar surface area (TPSA) is 18.5 Å². The summed E-state index contributed by atoms with van der Waals surface area (Å²) in [4.78, 5) is 0. The average Bonchev–Trinajstić information content (AvgIpc) is 2.39. The molecule has 0 spiro atoms. The molecule has 0 aliphatic heterocycles. The largest absolute Gasteiger partial charge is 0.490 e. The van der Waals surface area contributed by atoms with Gasteiger partial charge in [0, 0.05) is 0 Å². The van der Waals surface area contributed by atoms with Crippen LogP contribution in [0.4, 0.5) is 4.39 Å². The van der Waals surface area contributed by atoms with Crippen molar-refractivity contribution in [1.29, 1.82) is 0 Å². The molecule has 0 bridgehead atoms. The highest BCUT2D eigenvalue weighted by molar-refractivity contribution is 5.28. The van der Waals surface area contributed by atoms with Gasteiger partial charge in [0.1, 0.15) is 19.0 Å². The zero-order valence-corrected chi connectivity index (χ0v) is 11.2. The zero-order chi connectivity index (χ0) is 13.7. The Kier molecular flexibility index (Phi) is 4.39. The van der Waals surface area contributed by atoms with E-state index in [0.29, 0.717) is 13.2 Å². The number of hydrogen-bond acceptors (Lipinski definition) is 2. The predicted molar refractivity (Wildman–Crippen MR) is 73.3 cm³/mol. The predicted octanol–water partition coefficient (Wildman–Crippen LogP) is 3.90. The van der Waals surface area contributed by atoms with E-state index in [2.05, 4.69) is 0 Å². The Labute approximate surface area is 112 Å². The van der Waals surface area contributed by atoms with E-state index in [1.165, 1.54) is 11.6 Å². The van der Waals surface area contributed by atoms with Crippen LogP contribution >= 0.6 is 0 Å². The second kappa shape index (κ2) is 6.23. The number of hydrogen-bond donors (Lipinski definition) is 0. The monoisotopic (exact) mass is 260 g/mol. The smallest absolute Gasteiger partial charge is 0.165 e. The first-order valence-corrected chi connectivity index (χ1v) is 6.23. The Balaban J connectivity index is 1.79. The quantitative estimate of drug-likeness (QED) is 0.759. The van der Waals surface area contributed by atoms with Gasteiger partial charge in [-0.2, -0.15) is 0 Å². The molecule has 100 valence electrons. The van der Waals surface area contributed by atoms with Crippen LogP contribution in [0.15, 0.2) is 42.5 Å². The molecule has 0 saturated heterocycles. The van der Waals surface area contributed by atoms with E-state index in [9.17, 15) is 4.39 Å². The summed E-state index contributed by atoms with van der Waals surface area (Å²) in [6, 6.07) is 12.7. The molecule has 0 aromatic heterocycles. The maximum atomic E-state index is 13.5. The first-order chi connectivity index (χ1) is 9.15. The summed E-state index contributed by atoms with van der Waals surface area (Å²) in [6.07, 6.45) is 0. The van der Waals surface area contributed by atoms with Crippen LogP contribution in [0.5, 0.6) is 11.5 Å². The molecule has 0 radical (unpaired) electrons. The molecule has 19 heavy (non-hydrogen) atoms. The van der Waals surface area contributed by atoms with Gasteiger partial charge in [0.05, 0.1) is 0 Å². The van der Waals surface area contributed by atoms with Gasteiger partial charge in [0.2, 0.25) is 0 Å². The lowest BCUT2D eigenvalue weighted by atomic mass is 10.2. The summed E-state index contributed by atoms with van der Waals surface area (Å²) in [7, 11) is 0. The second-order valence-electron chi connectivity index (χ2n) is 4.44. The summed E-state index contributed by atoms with van der Waals surface area (Å²) < 4.78 is 24.3. The van der Waals surface area contributed by atoms with E-state index in [-0.39, 0.29) is 11.6 Å². The molecule has 2 nitrogen and oxygen atoms in total. The molecule has 2 aromatic rings. The number of benzene rings is 2. The zero-order valence-electron chi connectivity index (χ0n) is 11.2. The maximum absolute atomic E-state index is 13.5. The van der Waals surface area contributed by atoms with Gasteiger partial charge in [-0.1, -0.05) is 23.8 Å². The molecule has 0 fully saturated rings. The van der Waals surface area contributed by atoms with Gasteiger partial charge in [-0.3, -0.25) is 0 Å². The van der Waals surface area contributed by atoms with Gasteiger partial charge in [0.25, 0.3) is 0 Å². The molecule has 2 rings (SSSR count). The van der Waals surface area contributed by atoms with Crippen molar-refractivity contribution in [2.45, 2.75) is 13.8 Å². The highest BCUT2D eigenvalue weighted by atomic mass is 19.1. The third-order valence-corrected chi connectivity index (χ3v) is 2.72. The number of rotatable bonds is 5. The summed E-state index contributed by atoms with van der Waals surface area (Å²) >= 11 is 0. The van der Waals surface area contributed by atoms with Crippen LogP contribution in [-0.4, -0.2) is 13.2 Å². The van der Waals surface area contributed by atoms with Crippen LogP contribution in [0.25, 0.3) is 0 Å². The fourth-order valence-corrected chi connectivity index (χ4v) is 1.67. The summed E-state index contributed by atoms with van der Waals surface area (Å²) in [5.74, 6) is 0.715. The minimum atomic E-state index is -0.338. The fourth-order valence-electron chi connectivity index (χ4n) is 1.67. The van der Waals surface area contributed by atoms with Gasteiger partial charge >= 0.3 is 0 Å². The van der Waals surface area contributed by atoms with E-state index in [0.717, 1.165) is 11.3 Å². The van der Waals surface area contributed by atoms with E-state index in [4.69, 9.17) is 9.47 Å². The fraction of sp³-hybridized carbons (Fsp3) is 0.250. The number of ether oxygens (including phenoxy) is 2. The summed E-state index contributed by atoms with van der Waals surface area (Å²) in [6.45, 7) is 4.56. The minimum Gasteiger partial charge on any atom is -0.490 e. The molecule has 0 aliphatic carbocycles. The van der Waals surface area contributed by atoms with Crippen LogP contribution < -0.4 is 9.47 Å². The Morgan fingerprint density at radius 1 is 0.842 bits per heavy atom. The Morgan fingerprint density at radius 2 is 1.47 bits per heavy atom. The first-order valence-electron chi connectivity index (χ1n) is 6.23. The van der Waals surface area contributed by atoms with E-state index < -0.39 is 0 Å². The SMILES string of the molecule is Cc1ccc(OCCOc2ccc(C)cc2F)cc1. The van der Waals surface area contributed by atoms with Crippen molar-refractivity contribution in [2.75, 3.05) is 13.2 Å². The van der Waals surface area contributed by atoms with Crippen molar-refractivity contribution < 1.29 is 13.9 Å². The molecule has 0 atom stereocenters. The Morgan fingerprint density at radius 3 is 2.16 bits per heavy atom. The van der Waals surface area contributed by atoms with Gasteiger partial charge in [-0.15, -0.1) is 0 Å². The molecule has 0 amide bonds. The highest BCUT2D eigenvalue weighted by Gasteiger charge is 2.03. The van der Waals surface area contributed by atoms with Crippen LogP contribution in [0, 0.1) is 19.7 Å². The van der Waals surface area contributed by atoms with Gasteiger partial charge < -0.3 is 9.47 Å². The molecular weight excluding hydrogens is 243 g/mol. The Hall–Kier alpha value is -2.03. The van der Waals surface area contributed by atoms with Crippen LogP contribution in [0.2, 0.25) is 0 Å². The molecule has 0 N–H and O–H groups in total. The van der Waals surface area contributed by atoms with E-state index in [1.807, 2.05) is 44.2 Å². The van der Waals surface area contributed by atoms with Crippen LogP contribution in [-0.2, 0) is 0 Å². The molecule has 2 aromatic carbocycles. The third kappa shape index (κ3) is 3.98. The lowest BCUT2D eigenvalue weighted by molar-refractivity contribution is 0.211. The van der Waals surface area contributed by atoms with Crippen molar-refractivity contribution in [2.24, 2.45) is 0 Å². The first kappa shape index (κ1) is 13.4. The molecule has 3 heteroatoms. The van der Waals surface area contributed by atoms with E-state index in [1.54, 1.807) is 6.07 Å². The van der Waals surface area contributed by atoms with Crippen LogP contribution in [0.3, 0.4) is 0 Å². The summed E-state index contributed by atoms with van der Waals surface area (Å²) in [5.41, 5.74) is 2.06. The van der Waals surface area contributed by atoms with Crippen molar-refractivity contribution in [1.82, 2.24) is 0 Å². The number of aryl methyl sites for hydroxylation is 2.